The van der Waals surface area contributed by atoms with Gasteiger partial charge >= 0.3 is 0 Å². The van der Waals surface area contributed by atoms with Gasteiger partial charge < -0.3 is 15.5 Å². The van der Waals surface area contributed by atoms with Crippen LogP contribution in [0.1, 0.15) is 57.6 Å². The van der Waals surface area contributed by atoms with E-state index < -0.39 is 17.2 Å². The van der Waals surface area contributed by atoms with E-state index in [-0.39, 0.29) is 5.82 Å². The molecule has 0 saturated carbocycles. The van der Waals surface area contributed by atoms with E-state index in [0.29, 0.717) is 33.2 Å². The molecule has 3 N–H and O–H groups in total. The van der Waals surface area contributed by atoms with Gasteiger partial charge in [0.25, 0.3) is 0 Å². The van der Waals surface area contributed by atoms with E-state index in [1.54, 1.807) is 58.4 Å². The van der Waals surface area contributed by atoms with Gasteiger partial charge in [0.1, 0.15) is 11.4 Å². The van der Waals surface area contributed by atoms with Crippen LogP contribution in [0.15, 0.2) is 55.0 Å². The predicted molar refractivity (Wildman–Crippen MR) is 137 cm³/mol. The van der Waals surface area contributed by atoms with Crippen LogP contribution in [0.25, 0.3) is 22.0 Å². The maximum absolute atomic E-state index is 14.7. The summed E-state index contributed by atoms with van der Waals surface area (Å²) in [5.74, 6) is -0.0459. The number of fused-ring (bicyclic) bond motifs is 1. The number of pyridine rings is 1. The highest BCUT2D eigenvalue weighted by Crippen LogP contribution is 2.36. The van der Waals surface area contributed by atoms with E-state index in [2.05, 4.69) is 20.3 Å². The van der Waals surface area contributed by atoms with E-state index >= 15 is 0 Å². The van der Waals surface area contributed by atoms with E-state index in [1.165, 1.54) is 6.07 Å². The molecule has 0 amide bonds. The molecule has 35 heavy (non-hydrogen) atoms. The van der Waals surface area contributed by atoms with Gasteiger partial charge in [0.15, 0.2) is 5.82 Å². The van der Waals surface area contributed by atoms with Crippen LogP contribution in [-0.4, -0.2) is 25.2 Å². The summed E-state index contributed by atoms with van der Waals surface area (Å²) in [4.78, 5) is 13.0. The normalized spacial score (nSPS) is 13.2. The molecule has 0 aliphatic rings. The molecule has 182 valence electrons. The third-order valence-electron chi connectivity index (χ3n) is 5.88. The lowest BCUT2D eigenvalue weighted by Crippen LogP contribution is -2.19. The van der Waals surface area contributed by atoms with Crippen LogP contribution in [0.3, 0.4) is 0 Å². The van der Waals surface area contributed by atoms with Crippen molar-refractivity contribution in [2.75, 3.05) is 5.32 Å². The van der Waals surface area contributed by atoms with Gasteiger partial charge in [-0.15, -0.1) is 0 Å². The first-order chi connectivity index (χ1) is 16.3. The summed E-state index contributed by atoms with van der Waals surface area (Å²) in [6, 6.07) is 9.87. The summed E-state index contributed by atoms with van der Waals surface area (Å²) in [6.45, 7) is 8.42. The molecule has 0 spiro atoms. The first-order valence-corrected chi connectivity index (χ1v) is 11.6. The van der Waals surface area contributed by atoms with Crippen LogP contribution < -0.4 is 5.32 Å². The number of benzene rings is 2. The van der Waals surface area contributed by atoms with Crippen molar-refractivity contribution in [3.63, 3.8) is 0 Å². The van der Waals surface area contributed by atoms with Gasteiger partial charge in [-0.25, -0.2) is 14.4 Å². The lowest BCUT2D eigenvalue weighted by molar-refractivity contribution is 0.0687. The minimum Gasteiger partial charge on any atom is -0.386 e. The van der Waals surface area contributed by atoms with Crippen molar-refractivity contribution in [2.24, 2.45) is 0 Å². The smallest absolute Gasteiger partial charge is 0.159 e. The van der Waals surface area contributed by atoms with Crippen LogP contribution in [0.4, 0.5) is 10.1 Å². The fourth-order valence-electron chi connectivity index (χ4n) is 3.84. The highest BCUT2D eigenvalue weighted by atomic mass is 35.5. The minimum atomic E-state index is -1.13. The Morgan fingerprint density at radius 3 is 2.20 bits per heavy atom. The number of halogens is 2. The molecule has 1 atom stereocenters. The Morgan fingerprint density at radius 1 is 0.886 bits per heavy atom. The van der Waals surface area contributed by atoms with E-state index in [9.17, 15) is 14.6 Å². The molecule has 2 aromatic carbocycles. The molecule has 0 fully saturated rings. The zero-order valence-electron chi connectivity index (χ0n) is 20.3. The fraction of sp³-hybridized carbons (Fsp3) is 0.296. The Morgan fingerprint density at radius 2 is 1.57 bits per heavy atom. The summed E-state index contributed by atoms with van der Waals surface area (Å²) in [5.41, 5.74) is 1.74. The van der Waals surface area contributed by atoms with Crippen LogP contribution >= 0.6 is 11.6 Å². The van der Waals surface area contributed by atoms with E-state index in [1.807, 2.05) is 25.1 Å². The molecule has 0 radical (unpaired) electrons. The molecule has 8 heteroatoms. The van der Waals surface area contributed by atoms with Crippen LogP contribution in [0.5, 0.6) is 0 Å². The van der Waals surface area contributed by atoms with Gasteiger partial charge in [0.05, 0.1) is 27.9 Å². The molecular formula is C27H28ClFN4O2. The van der Waals surface area contributed by atoms with Gasteiger partial charge in [0, 0.05) is 35.1 Å². The van der Waals surface area contributed by atoms with Crippen molar-refractivity contribution in [2.45, 2.75) is 51.9 Å². The highest BCUT2D eigenvalue weighted by Gasteiger charge is 2.22. The topological polar surface area (TPSA) is 91.2 Å². The fourth-order valence-corrected chi connectivity index (χ4v) is 4.04. The predicted octanol–water partition coefficient (Wildman–Crippen LogP) is 6.11. The Balaban J connectivity index is 1.74. The van der Waals surface area contributed by atoms with Gasteiger partial charge in [-0.3, -0.25) is 4.98 Å². The number of aromatic nitrogens is 3. The Kier molecular flexibility index (Phi) is 6.53. The van der Waals surface area contributed by atoms with Gasteiger partial charge in [-0.1, -0.05) is 23.7 Å². The van der Waals surface area contributed by atoms with Crippen molar-refractivity contribution in [3.8, 4) is 11.1 Å². The number of aliphatic hydroxyl groups is 2. The SMILES string of the molecule is CC(Nc1c(Cl)cnc2ccc(-c3cnc(C(C)(C)O)nc3)cc12)c1cc(C(C)(C)O)ccc1F. The largest absolute Gasteiger partial charge is 0.386 e. The molecule has 1 unspecified atom stereocenters. The number of hydrogen-bond donors (Lipinski definition) is 3. The second-order valence-electron chi connectivity index (χ2n) is 9.73. The first kappa shape index (κ1) is 25.0. The quantitative estimate of drug-likeness (QED) is 0.299. The first-order valence-electron chi connectivity index (χ1n) is 11.3. The van der Waals surface area contributed by atoms with Gasteiger partial charge in [-0.2, -0.15) is 0 Å². The summed E-state index contributed by atoms with van der Waals surface area (Å²) in [5, 5.41) is 25.0. The molecule has 2 heterocycles. The van der Waals surface area contributed by atoms with Crippen molar-refractivity contribution in [1.29, 1.82) is 0 Å². The number of anilines is 1. The number of nitrogens with zero attached hydrogens (tertiary/aromatic N) is 3. The molecule has 0 saturated heterocycles. The number of rotatable bonds is 6. The second kappa shape index (κ2) is 9.15. The maximum atomic E-state index is 14.7. The van der Waals surface area contributed by atoms with E-state index in [4.69, 9.17) is 11.6 Å². The monoisotopic (exact) mass is 494 g/mol. The molecule has 0 aliphatic carbocycles. The standard InChI is InChI=1S/C27H28ClFN4O2/c1-15(19-11-18(26(2,3)34)7-8-22(19)29)33-24-20-10-16(6-9-23(20)30-14-21(24)28)17-12-31-25(32-13-17)27(4,5)35/h6-15,34-35H,1-5H3,(H,30,33). The van der Waals surface area contributed by atoms with Crippen LogP contribution in [0, 0.1) is 5.82 Å². The lowest BCUT2D eigenvalue weighted by atomic mass is 9.94. The van der Waals surface area contributed by atoms with Crippen molar-refractivity contribution >= 4 is 28.2 Å². The average molecular weight is 495 g/mol. The Labute approximate surface area is 208 Å². The summed E-state index contributed by atoms with van der Waals surface area (Å²) in [6.07, 6.45) is 4.88. The highest BCUT2D eigenvalue weighted by molar-refractivity contribution is 6.34. The van der Waals surface area contributed by atoms with Crippen LogP contribution in [0.2, 0.25) is 5.02 Å². The molecule has 0 bridgehead atoms. The third kappa shape index (κ3) is 5.27. The lowest BCUT2D eigenvalue weighted by Gasteiger charge is -2.23. The zero-order valence-corrected chi connectivity index (χ0v) is 21.0. The second-order valence-corrected chi connectivity index (χ2v) is 10.1. The summed E-state index contributed by atoms with van der Waals surface area (Å²) >= 11 is 6.54. The van der Waals surface area contributed by atoms with Crippen molar-refractivity contribution in [3.05, 3.63) is 82.8 Å². The molecule has 4 aromatic rings. The number of nitrogens with one attached hydrogen (secondary N) is 1. The third-order valence-corrected chi connectivity index (χ3v) is 6.17. The summed E-state index contributed by atoms with van der Waals surface area (Å²) < 4.78 is 14.7. The molecular weight excluding hydrogens is 467 g/mol. The zero-order chi connectivity index (χ0) is 25.5. The average Bonchev–Trinajstić information content (AvgIpc) is 2.79. The van der Waals surface area contributed by atoms with Gasteiger partial charge in [-0.05, 0) is 70.0 Å². The molecule has 2 aromatic heterocycles. The summed E-state index contributed by atoms with van der Waals surface area (Å²) in [7, 11) is 0. The van der Waals surface area contributed by atoms with E-state index in [0.717, 1.165) is 16.5 Å². The van der Waals surface area contributed by atoms with Crippen LogP contribution in [-0.2, 0) is 11.2 Å². The van der Waals surface area contributed by atoms with Crippen molar-refractivity contribution < 1.29 is 14.6 Å². The number of hydrogen-bond acceptors (Lipinski definition) is 6. The molecule has 6 nitrogen and oxygen atoms in total. The van der Waals surface area contributed by atoms with Gasteiger partial charge in [0.2, 0.25) is 0 Å². The molecule has 0 aliphatic heterocycles. The van der Waals surface area contributed by atoms with Crippen molar-refractivity contribution in [1.82, 2.24) is 15.0 Å². The maximum Gasteiger partial charge on any atom is 0.159 e. The Bertz CT molecular complexity index is 1380. The minimum absolute atomic E-state index is 0.332. The molecule has 4 rings (SSSR count). The Hall–Kier alpha value is -3.13.